The van der Waals surface area contributed by atoms with Crippen LogP contribution in [0.3, 0.4) is 0 Å². The molecule has 66 heavy (non-hydrogen) atoms. The van der Waals surface area contributed by atoms with E-state index in [-0.39, 0.29) is 9.79 Å². The molecule has 0 unspecified atom stereocenters. The number of halogens is 2. The van der Waals surface area contributed by atoms with Crippen LogP contribution >= 0.6 is 45.9 Å². The number of hydrogen-bond donors (Lipinski definition) is 0. The number of piperazine rings is 2. The Morgan fingerprint density at radius 1 is 0.576 bits per heavy atom. The van der Waals surface area contributed by atoms with Gasteiger partial charge in [0.1, 0.15) is 27.0 Å². The van der Waals surface area contributed by atoms with Gasteiger partial charge in [-0.1, -0.05) is 72.9 Å². The van der Waals surface area contributed by atoms with E-state index >= 15 is 0 Å². The maximum Gasteiger partial charge on any atom is 0.246 e. The average molecular weight is 1010 g/mol. The van der Waals surface area contributed by atoms with Crippen molar-refractivity contribution in [3.8, 4) is 17.2 Å². The van der Waals surface area contributed by atoms with Gasteiger partial charge in [0, 0.05) is 86.0 Å². The molecular weight excluding hydrogens is 960 g/mol. The highest BCUT2D eigenvalue weighted by Crippen LogP contribution is 2.33. The predicted octanol–water partition coefficient (Wildman–Crippen LogP) is 9.16. The van der Waals surface area contributed by atoms with Crippen molar-refractivity contribution in [1.29, 1.82) is 0 Å². The van der Waals surface area contributed by atoms with E-state index in [2.05, 4.69) is 63.9 Å². The van der Waals surface area contributed by atoms with Crippen LogP contribution in [0, 0.1) is 0 Å². The maximum absolute atomic E-state index is 13.2. The van der Waals surface area contributed by atoms with Crippen molar-refractivity contribution in [2.24, 2.45) is 0 Å². The number of nitrogens with zero attached hydrogens (tertiary/aromatic N) is 6. The van der Waals surface area contributed by atoms with E-state index in [0.29, 0.717) is 80.5 Å². The van der Waals surface area contributed by atoms with Gasteiger partial charge in [-0.15, -0.1) is 22.7 Å². The Kier molecular flexibility index (Phi) is 16.9. The first kappa shape index (κ1) is 49.4. The van der Waals surface area contributed by atoms with Gasteiger partial charge in [-0.25, -0.2) is 26.8 Å². The SMILES string of the molecule is CCCc1ccc(Cc2csc(N3CCN(S(=O)(=O)c4cc(Cl)ccc4OC)CC3)n2)cc1.CCOc1ccc(Cc2csc(N3CCN(S(=O)(=O)c4cc(Cl)ccc4OC)CC3)n2)cc1. The molecule has 2 aliphatic heterocycles. The summed E-state index contributed by atoms with van der Waals surface area (Å²) in [4.78, 5) is 14.1. The van der Waals surface area contributed by atoms with E-state index in [4.69, 9.17) is 47.4 Å². The van der Waals surface area contributed by atoms with Gasteiger partial charge in [0.15, 0.2) is 10.3 Å². The molecule has 13 nitrogen and oxygen atoms in total. The second kappa shape index (κ2) is 22.6. The van der Waals surface area contributed by atoms with Gasteiger partial charge < -0.3 is 24.0 Å². The highest BCUT2D eigenvalue weighted by atomic mass is 35.5. The van der Waals surface area contributed by atoms with Gasteiger partial charge in [0.25, 0.3) is 0 Å². The second-order valence-electron chi connectivity index (χ2n) is 15.6. The van der Waals surface area contributed by atoms with Crippen LogP contribution in [0.5, 0.6) is 17.2 Å². The van der Waals surface area contributed by atoms with E-state index in [1.165, 1.54) is 51.7 Å². The summed E-state index contributed by atoms with van der Waals surface area (Å²) in [6.07, 6.45) is 3.79. The predicted molar refractivity (Wildman–Crippen MR) is 266 cm³/mol. The normalized spacial score (nSPS) is 15.0. The fraction of sp³-hybridized carbons (Fsp3) is 0.362. The summed E-state index contributed by atoms with van der Waals surface area (Å²) in [6.45, 7) is 8.60. The molecular formula is C47H54Cl2N6O7S4. The number of hydrogen-bond acceptors (Lipinski definition) is 13. The molecule has 2 aromatic heterocycles. The molecule has 0 atom stereocenters. The van der Waals surface area contributed by atoms with E-state index in [9.17, 15) is 16.8 Å². The Balaban J connectivity index is 0.000000196. The molecule has 352 valence electrons. The first-order chi connectivity index (χ1) is 31.8. The molecule has 4 heterocycles. The number of ether oxygens (including phenoxy) is 3. The topological polar surface area (TPSA) is 135 Å². The molecule has 0 amide bonds. The molecule has 6 aromatic rings. The minimum Gasteiger partial charge on any atom is -0.495 e. The summed E-state index contributed by atoms with van der Waals surface area (Å²) in [5, 5.41) is 6.72. The minimum absolute atomic E-state index is 0.0952. The number of methoxy groups -OCH3 is 2. The molecule has 2 aliphatic rings. The zero-order chi connectivity index (χ0) is 46.8. The van der Waals surface area contributed by atoms with Crippen molar-refractivity contribution in [2.75, 3.05) is 83.0 Å². The third-order valence-corrected chi connectivity index (χ3v) is 17.4. The van der Waals surface area contributed by atoms with Crippen LogP contribution in [0.1, 0.15) is 48.3 Å². The summed E-state index contributed by atoms with van der Waals surface area (Å²) in [5.74, 6) is 1.46. The highest BCUT2D eigenvalue weighted by molar-refractivity contribution is 7.89. The molecule has 0 N–H and O–H groups in total. The van der Waals surface area contributed by atoms with Crippen LogP contribution in [0.4, 0.5) is 10.3 Å². The van der Waals surface area contributed by atoms with E-state index in [1.54, 1.807) is 46.9 Å². The average Bonchev–Trinajstić information content (AvgIpc) is 4.01. The lowest BCUT2D eigenvalue weighted by atomic mass is 10.1. The number of aromatic nitrogens is 2. The van der Waals surface area contributed by atoms with Crippen LogP contribution in [-0.4, -0.2) is 109 Å². The fourth-order valence-electron chi connectivity index (χ4n) is 7.67. The van der Waals surface area contributed by atoms with Crippen molar-refractivity contribution in [2.45, 2.75) is 49.3 Å². The zero-order valence-corrected chi connectivity index (χ0v) is 42.1. The number of benzene rings is 4. The molecule has 0 spiro atoms. The third-order valence-electron chi connectivity index (χ3n) is 11.2. The number of thiazole rings is 2. The van der Waals surface area contributed by atoms with Crippen molar-refractivity contribution in [3.63, 3.8) is 0 Å². The van der Waals surface area contributed by atoms with Gasteiger partial charge in [0.2, 0.25) is 20.0 Å². The maximum atomic E-state index is 13.2. The van der Waals surface area contributed by atoms with Crippen LogP contribution in [0.2, 0.25) is 10.0 Å². The number of anilines is 2. The minimum atomic E-state index is -3.71. The summed E-state index contributed by atoms with van der Waals surface area (Å²) in [7, 11) is -4.49. The zero-order valence-electron chi connectivity index (χ0n) is 37.4. The van der Waals surface area contributed by atoms with Gasteiger partial charge in [-0.2, -0.15) is 8.61 Å². The molecule has 2 fully saturated rings. The summed E-state index contributed by atoms with van der Waals surface area (Å²) >= 11 is 15.3. The Morgan fingerprint density at radius 2 is 0.985 bits per heavy atom. The molecule has 2 saturated heterocycles. The number of rotatable bonds is 16. The summed E-state index contributed by atoms with van der Waals surface area (Å²) in [6, 6.07) is 26.1. The first-order valence-electron chi connectivity index (χ1n) is 21.7. The van der Waals surface area contributed by atoms with Crippen LogP contribution in [-0.2, 0) is 39.3 Å². The van der Waals surface area contributed by atoms with E-state index < -0.39 is 20.0 Å². The molecule has 0 bridgehead atoms. The van der Waals surface area contributed by atoms with Gasteiger partial charge >= 0.3 is 0 Å². The molecule has 19 heteroatoms. The molecule has 4 aromatic carbocycles. The van der Waals surface area contributed by atoms with Crippen molar-refractivity contribution < 1.29 is 31.0 Å². The van der Waals surface area contributed by atoms with Crippen molar-refractivity contribution in [3.05, 3.63) is 134 Å². The standard InChI is InChI=1S/C24H28ClN3O3S2.C23H26ClN3O4S2/c1-3-4-18-5-7-19(8-6-18)15-21-17-32-24(26-21)27-11-13-28(14-12-27)33(29,30)23-16-20(25)9-10-22(23)31-2;1-3-31-20-7-4-17(5-8-20)14-19-16-32-23(25-19)26-10-12-27(13-11-26)33(28,29)22-15-18(24)6-9-21(22)30-2/h5-10,16-17H,3-4,11-15H2,1-2H3;4-9,15-16H,3,10-14H2,1-2H3. The molecule has 0 aliphatic carbocycles. The number of aryl methyl sites for hydroxylation is 1. The molecule has 0 radical (unpaired) electrons. The Bertz CT molecular complexity index is 2570. The lowest BCUT2D eigenvalue weighted by molar-refractivity contribution is 0.340. The van der Waals surface area contributed by atoms with Crippen molar-refractivity contribution >= 4 is 76.2 Å². The van der Waals surface area contributed by atoms with Crippen LogP contribution < -0.4 is 24.0 Å². The van der Waals surface area contributed by atoms with Crippen LogP contribution in [0.15, 0.2) is 105 Å². The Hall–Kier alpha value is -4.46. The van der Waals surface area contributed by atoms with Crippen molar-refractivity contribution in [1.82, 2.24) is 18.6 Å². The Labute approximate surface area is 406 Å². The summed E-state index contributed by atoms with van der Waals surface area (Å²) in [5.41, 5.74) is 5.82. The van der Waals surface area contributed by atoms with Crippen LogP contribution in [0.25, 0.3) is 0 Å². The monoisotopic (exact) mass is 1010 g/mol. The van der Waals surface area contributed by atoms with Gasteiger partial charge in [0.05, 0.1) is 32.2 Å². The largest absolute Gasteiger partial charge is 0.495 e. The van der Waals surface area contributed by atoms with Gasteiger partial charge in [-0.05, 0) is 78.6 Å². The Morgan fingerprint density at radius 3 is 1.38 bits per heavy atom. The lowest BCUT2D eigenvalue weighted by Crippen LogP contribution is -2.48. The quantitative estimate of drug-likeness (QED) is 0.0919. The van der Waals surface area contributed by atoms with E-state index in [0.717, 1.165) is 53.1 Å². The third kappa shape index (κ3) is 12.2. The number of sulfonamides is 2. The molecule has 0 saturated carbocycles. The lowest BCUT2D eigenvalue weighted by Gasteiger charge is -2.34. The highest BCUT2D eigenvalue weighted by Gasteiger charge is 2.33. The smallest absolute Gasteiger partial charge is 0.246 e. The fourth-order valence-corrected chi connectivity index (χ4v) is 13.1. The second-order valence-corrected chi connectivity index (χ2v) is 22.0. The first-order valence-corrected chi connectivity index (χ1v) is 27.1. The van der Waals surface area contributed by atoms with E-state index in [1.807, 2.05) is 19.1 Å². The molecule has 8 rings (SSSR count). The van der Waals surface area contributed by atoms with Gasteiger partial charge in [-0.3, -0.25) is 0 Å². The summed E-state index contributed by atoms with van der Waals surface area (Å²) < 4.78 is 71.7.